The van der Waals surface area contributed by atoms with Gasteiger partial charge in [-0.25, -0.2) is 21.1 Å². The number of hydrogen-bond acceptors (Lipinski definition) is 5. The van der Waals surface area contributed by atoms with E-state index < -0.39 is 37.7 Å². The highest BCUT2D eigenvalue weighted by Crippen LogP contribution is 2.31. The highest BCUT2D eigenvalue weighted by atomic mass is 32.2. The maximum Gasteiger partial charge on any atom is 0.416 e. The molecule has 1 aliphatic rings. The molecular formula is C28H30F3N3O5S2. The lowest BCUT2D eigenvalue weighted by atomic mass is 9.99. The van der Waals surface area contributed by atoms with E-state index >= 15 is 0 Å². The molecule has 3 aromatic rings. The molecule has 1 aliphatic heterocycles. The Morgan fingerprint density at radius 1 is 0.902 bits per heavy atom. The standard InChI is InChI=1S/C28H30F3N3O5S2/c29-28(30,31)23-11-4-12-25(19-23)33-41(38,39)26-15-13-24(14-16-26)32-27(35)22-10-5-17-34(20-22)40(36,37)18-6-9-21-7-2-1-3-8-21/h1-4,7-8,11-16,19,22,33H,5-6,9-10,17-18,20H2,(H,32,35)/t22-/m1/s1. The number of amides is 1. The largest absolute Gasteiger partial charge is 0.416 e. The summed E-state index contributed by atoms with van der Waals surface area (Å²) in [6.07, 6.45) is -2.47. The third kappa shape index (κ3) is 8.30. The molecule has 1 atom stereocenters. The maximum atomic E-state index is 13.0. The van der Waals surface area contributed by atoms with E-state index in [-0.39, 0.29) is 28.8 Å². The first kappa shape index (κ1) is 30.5. The first-order valence-corrected chi connectivity index (χ1v) is 16.1. The van der Waals surface area contributed by atoms with E-state index in [1.807, 2.05) is 30.3 Å². The van der Waals surface area contributed by atoms with E-state index in [0.29, 0.717) is 44.0 Å². The number of alkyl halides is 3. The average molecular weight is 610 g/mol. The first-order valence-electron chi connectivity index (χ1n) is 13.0. The van der Waals surface area contributed by atoms with Crippen molar-refractivity contribution in [1.29, 1.82) is 0 Å². The Kier molecular flexibility index (Phi) is 9.40. The fourth-order valence-corrected chi connectivity index (χ4v) is 7.21. The molecule has 1 fully saturated rings. The Hall–Kier alpha value is -3.42. The second-order valence-electron chi connectivity index (χ2n) is 9.80. The molecule has 41 heavy (non-hydrogen) atoms. The number of sulfonamides is 2. The van der Waals surface area contributed by atoms with Crippen molar-refractivity contribution >= 4 is 37.3 Å². The number of piperidine rings is 1. The summed E-state index contributed by atoms with van der Waals surface area (Å²) in [5.74, 6) is -0.966. The minimum absolute atomic E-state index is 0.0132. The van der Waals surface area contributed by atoms with Gasteiger partial charge >= 0.3 is 6.18 Å². The van der Waals surface area contributed by atoms with Crippen LogP contribution in [0.4, 0.5) is 24.5 Å². The van der Waals surface area contributed by atoms with Crippen molar-refractivity contribution in [2.45, 2.75) is 36.8 Å². The van der Waals surface area contributed by atoms with Crippen molar-refractivity contribution in [2.75, 3.05) is 28.9 Å². The van der Waals surface area contributed by atoms with Crippen LogP contribution in [0.3, 0.4) is 0 Å². The summed E-state index contributed by atoms with van der Waals surface area (Å²) in [6, 6.07) is 18.6. The van der Waals surface area contributed by atoms with Gasteiger partial charge in [0, 0.05) is 24.5 Å². The number of halogens is 3. The zero-order valence-electron chi connectivity index (χ0n) is 22.0. The van der Waals surface area contributed by atoms with Crippen molar-refractivity contribution in [3.8, 4) is 0 Å². The Labute approximate surface area is 237 Å². The number of rotatable bonds is 10. The molecule has 0 spiro atoms. The van der Waals surface area contributed by atoms with Gasteiger partial charge in [-0.2, -0.15) is 13.2 Å². The van der Waals surface area contributed by atoms with Crippen LogP contribution in [-0.2, 0) is 37.4 Å². The van der Waals surface area contributed by atoms with Gasteiger partial charge in [0.1, 0.15) is 0 Å². The van der Waals surface area contributed by atoms with E-state index in [0.717, 1.165) is 17.7 Å². The van der Waals surface area contributed by atoms with Gasteiger partial charge in [-0.1, -0.05) is 36.4 Å². The van der Waals surface area contributed by atoms with E-state index in [2.05, 4.69) is 10.0 Å². The van der Waals surface area contributed by atoms with Crippen LogP contribution in [0.5, 0.6) is 0 Å². The molecule has 0 unspecified atom stereocenters. The lowest BCUT2D eigenvalue weighted by Crippen LogP contribution is -2.44. The minimum Gasteiger partial charge on any atom is -0.326 e. The third-order valence-corrected chi connectivity index (χ3v) is 10.1. The van der Waals surface area contributed by atoms with Crippen molar-refractivity contribution < 1.29 is 34.8 Å². The van der Waals surface area contributed by atoms with Crippen LogP contribution in [0.2, 0.25) is 0 Å². The van der Waals surface area contributed by atoms with Crippen LogP contribution in [0, 0.1) is 5.92 Å². The van der Waals surface area contributed by atoms with Crippen molar-refractivity contribution in [3.05, 3.63) is 90.0 Å². The summed E-state index contributed by atoms with van der Waals surface area (Å²) in [5, 5.41) is 2.70. The van der Waals surface area contributed by atoms with Gasteiger partial charge in [0.15, 0.2) is 0 Å². The van der Waals surface area contributed by atoms with E-state index in [1.54, 1.807) is 0 Å². The number of aryl methyl sites for hydroxylation is 1. The predicted octanol–water partition coefficient (Wildman–Crippen LogP) is 5.12. The quantitative estimate of drug-likeness (QED) is 0.332. The highest BCUT2D eigenvalue weighted by Gasteiger charge is 2.33. The van der Waals surface area contributed by atoms with Crippen LogP contribution in [0.1, 0.15) is 30.4 Å². The van der Waals surface area contributed by atoms with Crippen LogP contribution in [0.15, 0.2) is 83.8 Å². The van der Waals surface area contributed by atoms with Crippen molar-refractivity contribution in [2.24, 2.45) is 5.92 Å². The molecule has 2 N–H and O–H groups in total. The Morgan fingerprint density at radius 2 is 1.61 bits per heavy atom. The van der Waals surface area contributed by atoms with Crippen molar-refractivity contribution in [1.82, 2.24) is 4.31 Å². The lowest BCUT2D eigenvalue weighted by molar-refractivity contribution is -0.137. The molecule has 1 amide bonds. The topological polar surface area (TPSA) is 113 Å². The molecule has 0 bridgehead atoms. The summed E-state index contributed by atoms with van der Waals surface area (Å²) in [7, 11) is -7.73. The third-order valence-electron chi connectivity index (χ3n) is 6.73. The Morgan fingerprint density at radius 3 is 2.29 bits per heavy atom. The van der Waals surface area contributed by atoms with Gasteiger partial charge in [-0.15, -0.1) is 0 Å². The molecule has 1 saturated heterocycles. The number of hydrogen-bond donors (Lipinski definition) is 2. The highest BCUT2D eigenvalue weighted by molar-refractivity contribution is 7.92. The average Bonchev–Trinajstić information content (AvgIpc) is 2.93. The number of benzene rings is 3. The molecule has 0 radical (unpaired) electrons. The fraction of sp³-hybridized carbons (Fsp3) is 0.321. The van der Waals surface area contributed by atoms with E-state index in [1.165, 1.54) is 34.6 Å². The molecule has 13 heteroatoms. The SMILES string of the molecule is O=C(Nc1ccc(S(=O)(=O)Nc2cccc(C(F)(F)F)c2)cc1)[C@@H]1CCCN(S(=O)(=O)CCCc2ccccc2)C1. The molecule has 1 heterocycles. The molecule has 0 saturated carbocycles. The summed E-state index contributed by atoms with van der Waals surface area (Å²) in [5.41, 5.74) is 0.130. The zero-order valence-corrected chi connectivity index (χ0v) is 23.6. The smallest absolute Gasteiger partial charge is 0.326 e. The normalized spacial score (nSPS) is 16.7. The number of nitrogens with one attached hydrogen (secondary N) is 2. The second-order valence-corrected chi connectivity index (χ2v) is 13.6. The van der Waals surface area contributed by atoms with Crippen LogP contribution < -0.4 is 10.0 Å². The number of carbonyl (C=O) groups excluding carboxylic acids is 1. The van der Waals surface area contributed by atoms with Crippen molar-refractivity contribution in [3.63, 3.8) is 0 Å². The molecule has 0 aromatic heterocycles. The van der Waals surface area contributed by atoms with Gasteiger partial charge in [-0.05, 0) is 73.7 Å². The molecule has 8 nitrogen and oxygen atoms in total. The summed E-state index contributed by atoms with van der Waals surface area (Å²) in [4.78, 5) is 12.7. The lowest BCUT2D eigenvalue weighted by Gasteiger charge is -2.31. The maximum absolute atomic E-state index is 13.0. The second kappa shape index (κ2) is 12.6. The van der Waals surface area contributed by atoms with Gasteiger partial charge in [-0.3, -0.25) is 9.52 Å². The van der Waals surface area contributed by atoms with Crippen LogP contribution >= 0.6 is 0 Å². The molecule has 4 rings (SSSR count). The predicted molar refractivity (Wildman–Crippen MR) is 150 cm³/mol. The zero-order chi connectivity index (χ0) is 29.7. The van der Waals surface area contributed by atoms with Gasteiger partial charge in [0.2, 0.25) is 15.9 Å². The summed E-state index contributed by atoms with van der Waals surface area (Å²) >= 11 is 0. The van der Waals surface area contributed by atoms with E-state index in [4.69, 9.17) is 0 Å². The summed E-state index contributed by atoms with van der Waals surface area (Å²) < 4.78 is 93.5. The fourth-order valence-electron chi connectivity index (χ4n) is 4.58. The van der Waals surface area contributed by atoms with Crippen LogP contribution in [0.25, 0.3) is 0 Å². The number of anilines is 2. The molecular weight excluding hydrogens is 579 g/mol. The number of nitrogens with zero attached hydrogens (tertiary/aromatic N) is 1. The van der Waals surface area contributed by atoms with E-state index in [9.17, 15) is 34.8 Å². The Bertz CT molecular complexity index is 1560. The van der Waals surface area contributed by atoms with Crippen LogP contribution in [-0.4, -0.2) is 45.9 Å². The summed E-state index contributed by atoms with van der Waals surface area (Å²) in [6.45, 7) is 0.412. The Balaban J connectivity index is 1.33. The van der Waals surface area contributed by atoms with Gasteiger partial charge < -0.3 is 5.32 Å². The number of carbonyl (C=O) groups is 1. The molecule has 0 aliphatic carbocycles. The van der Waals surface area contributed by atoms with Gasteiger partial charge in [0.25, 0.3) is 10.0 Å². The molecule has 3 aromatic carbocycles. The monoisotopic (exact) mass is 609 g/mol. The van der Waals surface area contributed by atoms with Gasteiger partial charge in [0.05, 0.1) is 22.1 Å². The first-order chi connectivity index (χ1) is 19.3. The minimum atomic E-state index is -4.62. The molecule has 220 valence electrons.